The Labute approximate surface area is 54.0 Å². The molecule has 0 aromatic heterocycles. The lowest BCUT2D eigenvalue weighted by Crippen LogP contribution is -2.28. The number of hydrogen-bond donors (Lipinski definition) is 0. The Balaban J connectivity index is 2.89. The quantitative estimate of drug-likeness (QED) is 0.451. The molecule has 1 aliphatic carbocycles. The fourth-order valence-electron chi connectivity index (χ4n) is 0.847. The van der Waals surface area contributed by atoms with Gasteiger partial charge in [0.05, 0.1) is 12.1 Å². The van der Waals surface area contributed by atoms with E-state index in [0.717, 1.165) is 12.0 Å². The van der Waals surface area contributed by atoms with Crippen molar-refractivity contribution in [3.63, 3.8) is 0 Å². The van der Waals surface area contributed by atoms with Gasteiger partial charge in [0, 0.05) is 0 Å². The lowest BCUT2D eigenvalue weighted by Gasteiger charge is -2.30. The maximum atomic E-state index is 8.47. The topological polar surface area (TPSA) is 47.6 Å². The van der Waals surface area contributed by atoms with Crippen molar-refractivity contribution in [2.75, 3.05) is 0 Å². The highest BCUT2D eigenvalue weighted by Crippen LogP contribution is 2.43. The summed E-state index contributed by atoms with van der Waals surface area (Å²) in [5.41, 5.74) is -0.0486. The van der Waals surface area contributed by atoms with Gasteiger partial charge in [-0.2, -0.15) is 10.5 Å². The predicted molar refractivity (Wildman–Crippen MR) is 32.0 cm³/mol. The van der Waals surface area contributed by atoms with Crippen LogP contribution in [0.2, 0.25) is 0 Å². The van der Waals surface area contributed by atoms with Crippen LogP contribution in [0.3, 0.4) is 0 Å². The van der Waals surface area contributed by atoms with Gasteiger partial charge < -0.3 is 0 Å². The van der Waals surface area contributed by atoms with Crippen LogP contribution >= 0.6 is 0 Å². The molecule has 0 heterocycles. The third kappa shape index (κ3) is 0.536. The summed E-state index contributed by atoms with van der Waals surface area (Å²) in [6, 6.07) is 3.91. The number of hydrogen-bond acceptors (Lipinski definition) is 2. The van der Waals surface area contributed by atoms with Gasteiger partial charge >= 0.3 is 0 Å². The molecule has 9 heavy (non-hydrogen) atoms. The first kappa shape index (κ1) is 5.85. The molecule has 1 fully saturated rings. The molecule has 1 aliphatic rings. The highest BCUT2D eigenvalue weighted by Gasteiger charge is 2.41. The maximum Gasteiger partial charge on any atom is 0.164 e. The van der Waals surface area contributed by atoms with E-state index in [1.165, 1.54) is 0 Å². The SMILES string of the molecule is C=C1CCC1(C#N)C#N. The van der Waals surface area contributed by atoms with E-state index in [-0.39, 0.29) is 0 Å². The lowest BCUT2D eigenvalue weighted by molar-refractivity contribution is 0.434. The van der Waals surface area contributed by atoms with Gasteiger partial charge in [-0.1, -0.05) is 6.58 Å². The molecule has 0 radical (unpaired) electrons. The normalized spacial score (nSPS) is 21.3. The number of nitrogens with zero attached hydrogens (tertiary/aromatic N) is 2. The van der Waals surface area contributed by atoms with Crippen LogP contribution in [-0.4, -0.2) is 0 Å². The molecule has 1 rings (SSSR count). The van der Waals surface area contributed by atoms with E-state index in [0.29, 0.717) is 6.42 Å². The van der Waals surface area contributed by atoms with Crippen molar-refractivity contribution >= 4 is 0 Å². The number of nitriles is 2. The van der Waals surface area contributed by atoms with Crippen LogP contribution in [0.5, 0.6) is 0 Å². The van der Waals surface area contributed by atoms with Crippen LogP contribution in [0, 0.1) is 28.1 Å². The zero-order chi connectivity index (χ0) is 6.91. The first-order chi connectivity index (χ1) is 4.25. The van der Waals surface area contributed by atoms with Crippen LogP contribution in [0.1, 0.15) is 12.8 Å². The highest BCUT2D eigenvalue weighted by atomic mass is 14.5. The first-order valence-electron chi connectivity index (χ1n) is 2.76. The summed E-state index contributed by atoms with van der Waals surface area (Å²) in [4.78, 5) is 0. The first-order valence-corrected chi connectivity index (χ1v) is 2.76. The van der Waals surface area contributed by atoms with E-state index in [1.807, 2.05) is 12.1 Å². The number of allylic oxidation sites excluding steroid dienone is 1. The van der Waals surface area contributed by atoms with E-state index < -0.39 is 5.41 Å². The summed E-state index contributed by atoms with van der Waals surface area (Å²) >= 11 is 0. The Morgan fingerprint density at radius 2 is 2.00 bits per heavy atom. The van der Waals surface area contributed by atoms with E-state index in [1.54, 1.807) is 0 Å². The lowest BCUT2D eigenvalue weighted by atomic mass is 9.67. The molecule has 0 spiro atoms. The van der Waals surface area contributed by atoms with Gasteiger partial charge in [-0.15, -0.1) is 0 Å². The van der Waals surface area contributed by atoms with Crippen molar-refractivity contribution in [1.29, 1.82) is 10.5 Å². The Morgan fingerprint density at radius 1 is 1.44 bits per heavy atom. The second-order valence-corrected chi connectivity index (χ2v) is 2.23. The van der Waals surface area contributed by atoms with Gasteiger partial charge in [0.1, 0.15) is 0 Å². The Hall–Kier alpha value is -1.28. The van der Waals surface area contributed by atoms with Crippen molar-refractivity contribution < 1.29 is 0 Å². The van der Waals surface area contributed by atoms with Crippen molar-refractivity contribution in [3.05, 3.63) is 12.2 Å². The molecule has 0 atom stereocenters. The summed E-state index contributed by atoms with van der Waals surface area (Å²) < 4.78 is 0. The predicted octanol–water partition coefficient (Wildman–Crippen LogP) is 1.37. The minimum Gasteiger partial charge on any atom is -0.196 e. The third-order valence-corrected chi connectivity index (χ3v) is 1.79. The summed E-state index contributed by atoms with van der Waals surface area (Å²) in [7, 11) is 0. The van der Waals surface area contributed by atoms with Gasteiger partial charge in [0.15, 0.2) is 5.41 Å². The fourth-order valence-corrected chi connectivity index (χ4v) is 0.847. The monoisotopic (exact) mass is 118 g/mol. The summed E-state index contributed by atoms with van der Waals surface area (Å²) in [5.74, 6) is 0. The second kappa shape index (κ2) is 1.60. The summed E-state index contributed by atoms with van der Waals surface area (Å²) in [6.45, 7) is 3.61. The molecule has 2 nitrogen and oxygen atoms in total. The minimum atomic E-state index is -0.819. The van der Waals surface area contributed by atoms with Crippen molar-refractivity contribution in [3.8, 4) is 12.1 Å². The van der Waals surface area contributed by atoms with E-state index in [2.05, 4.69) is 6.58 Å². The largest absolute Gasteiger partial charge is 0.196 e. The van der Waals surface area contributed by atoms with Crippen LogP contribution in [0.25, 0.3) is 0 Å². The average molecular weight is 118 g/mol. The van der Waals surface area contributed by atoms with E-state index in [4.69, 9.17) is 10.5 Å². The second-order valence-electron chi connectivity index (χ2n) is 2.23. The van der Waals surface area contributed by atoms with Crippen molar-refractivity contribution in [2.45, 2.75) is 12.8 Å². The highest BCUT2D eigenvalue weighted by molar-refractivity contribution is 5.37. The van der Waals surface area contributed by atoms with Crippen LogP contribution in [0.15, 0.2) is 12.2 Å². The molecule has 0 amide bonds. The minimum absolute atomic E-state index is 0.666. The molecule has 0 saturated heterocycles. The van der Waals surface area contributed by atoms with Gasteiger partial charge in [0.2, 0.25) is 0 Å². The van der Waals surface area contributed by atoms with Crippen molar-refractivity contribution in [2.24, 2.45) is 5.41 Å². The fraction of sp³-hybridized carbons (Fsp3) is 0.429. The standard InChI is InChI=1S/C7H6N2/c1-6-2-3-7(6,4-8)5-9/h1-3H2. The Bertz CT molecular complexity index is 212. The molecule has 0 aliphatic heterocycles. The average Bonchev–Trinajstić information content (AvgIpc) is 1.89. The van der Waals surface area contributed by atoms with E-state index in [9.17, 15) is 0 Å². The van der Waals surface area contributed by atoms with Gasteiger partial charge in [-0.3, -0.25) is 0 Å². The zero-order valence-corrected chi connectivity index (χ0v) is 5.02. The molecule has 0 unspecified atom stereocenters. The number of rotatable bonds is 0. The van der Waals surface area contributed by atoms with Gasteiger partial charge in [-0.05, 0) is 18.4 Å². The molecule has 0 aromatic rings. The van der Waals surface area contributed by atoms with Gasteiger partial charge in [0.25, 0.3) is 0 Å². The Morgan fingerprint density at radius 3 is 2.00 bits per heavy atom. The molecule has 1 saturated carbocycles. The molecule has 0 N–H and O–H groups in total. The molecular formula is C7H6N2. The van der Waals surface area contributed by atoms with Gasteiger partial charge in [-0.25, -0.2) is 0 Å². The zero-order valence-electron chi connectivity index (χ0n) is 5.02. The molecule has 0 aromatic carbocycles. The molecule has 0 bridgehead atoms. The van der Waals surface area contributed by atoms with E-state index >= 15 is 0 Å². The molecular weight excluding hydrogens is 112 g/mol. The third-order valence-electron chi connectivity index (χ3n) is 1.79. The summed E-state index contributed by atoms with van der Waals surface area (Å²) in [5, 5.41) is 16.9. The molecule has 44 valence electrons. The maximum absolute atomic E-state index is 8.47. The molecule has 2 heteroatoms. The van der Waals surface area contributed by atoms with Crippen LogP contribution in [0.4, 0.5) is 0 Å². The summed E-state index contributed by atoms with van der Waals surface area (Å²) in [6.07, 6.45) is 1.50. The smallest absolute Gasteiger partial charge is 0.164 e. The van der Waals surface area contributed by atoms with Crippen molar-refractivity contribution in [1.82, 2.24) is 0 Å². The van der Waals surface area contributed by atoms with Crippen LogP contribution in [-0.2, 0) is 0 Å². The van der Waals surface area contributed by atoms with Crippen LogP contribution < -0.4 is 0 Å². The Kier molecular flexibility index (Phi) is 1.04.